The molecule has 0 aliphatic heterocycles. The van der Waals surface area contributed by atoms with Crippen molar-refractivity contribution in [2.24, 2.45) is 5.73 Å². The van der Waals surface area contributed by atoms with Crippen molar-refractivity contribution >= 4 is 11.8 Å². The van der Waals surface area contributed by atoms with Gasteiger partial charge in [-0.15, -0.1) is 11.8 Å². The summed E-state index contributed by atoms with van der Waals surface area (Å²) in [5.41, 5.74) is 7.09. The first-order valence-electron chi connectivity index (χ1n) is 4.96. The molecule has 15 heavy (non-hydrogen) atoms. The minimum absolute atomic E-state index is 0.162. The Bertz CT molecular complexity index is 331. The summed E-state index contributed by atoms with van der Waals surface area (Å²) < 4.78 is 5.27. The number of thioether (sulfide) groups is 1. The van der Waals surface area contributed by atoms with Crippen LogP contribution in [0.2, 0.25) is 0 Å². The number of ether oxygens (including phenoxy) is 1. The van der Waals surface area contributed by atoms with Crippen molar-refractivity contribution < 1.29 is 4.74 Å². The highest BCUT2D eigenvalue weighted by molar-refractivity contribution is 7.98. The molecule has 2 nitrogen and oxygen atoms in total. The number of hydrogen-bond acceptors (Lipinski definition) is 3. The van der Waals surface area contributed by atoms with Gasteiger partial charge < -0.3 is 10.5 Å². The van der Waals surface area contributed by atoms with Crippen LogP contribution in [0.1, 0.15) is 19.4 Å². The molecule has 1 rings (SSSR count). The Kier molecular flexibility index (Phi) is 4.05. The molecular weight excluding hydrogens is 206 g/mol. The van der Waals surface area contributed by atoms with Crippen molar-refractivity contribution in [2.45, 2.75) is 30.7 Å². The first-order valence-corrected chi connectivity index (χ1v) is 6.18. The summed E-state index contributed by atoms with van der Waals surface area (Å²) in [6.07, 6.45) is 2.93. The van der Waals surface area contributed by atoms with E-state index in [9.17, 15) is 0 Å². The Morgan fingerprint density at radius 2 is 2.07 bits per heavy atom. The Morgan fingerprint density at radius 1 is 1.40 bits per heavy atom. The molecular formula is C12H19NOS. The topological polar surface area (TPSA) is 35.2 Å². The van der Waals surface area contributed by atoms with E-state index < -0.39 is 0 Å². The third-order valence-corrected chi connectivity index (χ3v) is 2.87. The molecule has 0 saturated carbocycles. The van der Waals surface area contributed by atoms with Crippen LogP contribution in [0.5, 0.6) is 5.75 Å². The molecule has 2 N–H and O–H groups in total. The van der Waals surface area contributed by atoms with Gasteiger partial charge in [-0.05, 0) is 44.2 Å². The summed E-state index contributed by atoms with van der Waals surface area (Å²) in [7, 11) is 1.70. The van der Waals surface area contributed by atoms with Crippen LogP contribution in [0.3, 0.4) is 0 Å². The Labute approximate surface area is 96.2 Å². The van der Waals surface area contributed by atoms with Crippen LogP contribution in [0, 0.1) is 0 Å². The fourth-order valence-corrected chi connectivity index (χ4v) is 2.14. The zero-order chi connectivity index (χ0) is 11.5. The third kappa shape index (κ3) is 3.76. The predicted octanol–water partition coefficient (Wildman–Crippen LogP) is 2.70. The average Bonchev–Trinajstić information content (AvgIpc) is 2.15. The first kappa shape index (κ1) is 12.4. The molecule has 3 heteroatoms. The summed E-state index contributed by atoms with van der Waals surface area (Å²) in [5, 5.41) is 0. The second-order valence-electron chi connectivity index (χ2n) is 4.35. The zero-order valence-corrected chi connectivity index (χ0v) is 10.6. The van der Waals surface area contributed by atoms with Gasteiger partial charge in [0.2, 0.25) is 0 Å². The Morgan fingerprint density at radius 3 is 2.53 bits per heavy atom. The van der Waals surface area contributed by atoms with Gasteiger partial charge >= 0.3 is 0 Å². The van der Waals surface area contributed by atoms with Crippen LogP contribution in [-0.2, 0) is 6.42 Å². The summed E-state index contributed by atoms with van der Waals surface area (Å²) in [4.78, 5) is 1.17. The lowest BCUT2D eigenvalue weighted by molar-refractivity contribution is 0.404. The first-order chi connectivity index (χ1) is 6.96. The van der Waals surface area contributed by atoms with Crippen molar-refractivity contribution in [3.8, 4) is 5.75 Å². The molecule has 0 radical (unpaired) electrons. The smallest absolute Gasteiger partial charge is 0.132 e. The zero-order valence-electron chi connectivity index (χ0n) is 9.83. The maximum Gasteiger partial charge on any atom is 0.132 e. The molecule has 0 atom stereocenters. The number of methoxy groups -OCH3 is 1. The highest BCUT2D eigenvalue weighted by Gasteiger charge is 2.12. The molecule has 84 valence electrons. The van der Waals surface area contributed by atoms with Gasteiger partial charge in [-0.3, -0.25) is 0 Å². The van der Waals surface area contributed by atoms with E-state index in [-0.39, 0.29) is 5.54 Å². The van der Waals surface area contributed by atoms with Gasteiger partial charge in [-0.25, -0.2) is 0 Å². The Hall–Kier alpha value is -0.670. The molecule has 0 amide bonds. The third-order valence-electron chi connectivity index (χ3n) is 2.11. The maximum atomic E-state index is 5.99. The summed E-state index contributed by atoms with van der Waals surface area (Å²) in [6, 6.07) is 6.23. The Balaban J connectivity index is 2.93. The minimum atomic E-state index is -0.162. The fourth-order valence-electron chi connectivity index (χ4n) is 1.52. The molecule has 0 aromatic heterocycles. The lowest BCUT2D eigenvalue weighted by atomic mass is 9.96. The van der Waals surface area contributed by atoms with Crippen LogP contribution in [-0.4, -0.2) is 18.9 Å². The van der Waals surface area contributed by atoms with E-state index in [0.29, 0.717) is 0 Å². The molecule has 0 fully saturated rings. The van der Waals surface area contributed by atoms with Crippen molar-refractivity contribution in [1.29, 1.82) is 0 Å². The summed E-state index contributed by atoms with van der Waals surface area (Å²) in [5.74, 6) is 0.932. The highest BCUT2D eigenvalue weighted by atomic mass is 32.2. The van der Waals surface area contributed by atoms with Gasteiger partial charge in [-0.2, -0.15) is 0 Å². The lowest BCUT2D eigenvalue weighted by Gasteiger charge is -2.19. The second-order valence-corrected chi connectivity index (χ2v) is 5.20. The summed E-state index contributed by atoms with van der Waals surface area (Å²) >= 11 is 1.69. The van der Waals surface area contributed by atoms with Crippen molar-refractivity contribution in [3.05, 3.63) is 23.8 Å². The lowest BCUT2D eigenvalue weighted by Crippen LogP contribution is -2.34. The number of rotatable bonds is 4. The van der Waals surface area contributed by atoms with E-state index in [4.69, 9.17) is 10.5 Å². The molecule has 0 aliphatic carbocycles. The highest BCUT2D eigenvalue weighted by Crippen LogP contribution is 2.29. The van der Waals surface area contributed by atoms with Gasteiger partial charge in [0.25, 0.3) is 0 Å². The standard InChI is InChI=1S/C12H19NOS/c1-12(2,13)8-9-5-6-10(14-3)11(7-9)15-4/h5-7H,8,13H2,1-4H3. The molecule has 0 aliphatic rings. The fraction of sp³-hybridized carbons (Fsp3) is 0.500. The van der Waals surface area contributed by atoms with Crippen LogP contribution in [0.25, 0.3) is 0 Å². The van der Waals surface area contributed by atoms with E-state index in [1.807, 2.05) is 19.9 Å². The van der Waals surface area contributed by atoms with E-state index in [1.165, 1.54) is 10.5 Å². The molecule has 0 saturated heterocycles. The van der Waals surface area contributed by atoms with Gasteiger partial charge in [0, 0.05) is 10.4 Å². The summed E-state index contributed by atoms with van der Waals surface area (Å²) in [6.45, 7) is 4.08. The van der Waals surface area contributed by atoms with E-state index >= 15 is 0 Å². The van der Waals surface area contributed by atoms with Gasteiger partial charge in [-0.1, -0.05) is 6.07 Å². The van der Waals surface area contributed by atoms with Crippen molar-refractivity contribution in [3.63, 3.8) is 0 Å². The predicted molar refractivity (Wildman–Crippen MR) is 66.7 cm³/mol. The molecule has 0 bridgehead atoms. The largest absolute Gasteiger partial charge is 0.496 e. The quantitative estimate of drug-likeness (QED) is 0.800. The van der Waals surface area contributed by atoms with Crippen molar-refractivity contribution in [2.75, 3.05) is 13.4 Å². The van der Waals surface area contributed by atoms with Crippen LogP contribution >= 0.6 is 11.8 Å². The van der Waals surface area contributed by atoms with Crippen molar-refractivity contribution in [1.82, 2.24) is 0 Å². The SMILES string of the molecule is COc1ccc(CC(C)(C)N)cc1SC. The van der Waals surface area contributed by atoms with E-state index in [2.05, 4.69) is 18.4 Å². The average molecular weight is 225 g/mol. The van der Waals surface area contributed by atoms with Gasteiger partial charge in [0.15, 0.2) is 0 Å². The number of nitrogens with two attached hydrogens (primary N) is 1. The van der Waals surface area contributed by atoms with Gasteiger partial charge in [0.1, 0.15) is 5.75 Å². The van der Waals surface area contributed by atoms with Gasteiger partial charge in [0.05, 0.1) is 7.11 Å². The molecule has 0 spiro atoms. The van der Waals surface area contributed by atoms with E-state index in [1.54, 1.807) is 18.9 Å². The molecule has 1 aromatic carbocycles. The minimum Gasteiger partial charge on any atom is -0.496 e. The molecule has 1 aromatic rings. The number of benzene rings is 1. The maximum absolute atomic E-state index is 5.99. The van der Waals surface area contributed by atoms with E-state index in [0.717, 1.165) is 12.2 Å². The van der Waals surface area contributed by atoms with Crippen LogP contribution in [0.15, 0.2) is 23.1 Å². The molecule has 0 heterocycles. The number of hydrogen-bond donors (Lipinski definition) is 1. The second kappa shape index (κ2) is 4.90. The van der Waals surface area contributed by atoms with Crippen LogP contribution in [0.4, 0.5) is 0 Å². The monoisotopic (exact) mass is 225 g/mol. The molecule has 0 unspecified atom stereocenters. The normalized spacial score (nSPS) is 11.5. The van der Waals surface area contributed by atoms with Crippen LogP contribution < -0.4 is 10.5 Å².